The van der Waals surface area contributed by atoms with Gasteiger partial charge in [-0.3, -0.25) is 9.59 Å². The van der Waals surface area contributed by atoms with Gasteiger partial charge in [-0.25, -0.2) is 0 Å². The maximum Gasteiger partial charge on any atom is 0.290 e. The van der Waals surface area contributed by atoms with E-state index in [1.54, 1.807) is 31.4 Å². The van der Waals surface area contributed by atoms with Gasteiger partial charge in [0.05, 0.1) is 7.11 Å². The third kappa shape index (κ3) is 3.95. The molecule has 0 atom stereocenters. The van der Waals surface area contributed by atoms with Crippen LogP contribution < -0.4 is 10.1 Å². The fourth-order valence-corrected chi connectivity index (χ4v) is 2.92. The molecule has 2 amide bonds. The van der Waals surface area contributed by atoms with Crippen molar-refractivity contribution in [1.29, 1.82) is 0 Å². The van der Waals surface area contributed by atoms with Gasteiger partial charge in [0.2, 0.25) is 5.91 Å². The van der Waals surface area contributed by atoms with Gasteiger partial charge in [0, 0.05) is 29.2 Å². The highest BCUT2D eigenvalue weighted by molar-refractivity contribution is 6.01. The lowest BCUT2D eigenvalue weighted by molar-refractivity contribution is -0.116. The molecule has 6 heteroatoms. The van der Waals surface area contributed by atoms with Crippen molar-refractivity contribution in [2.75, 3.05) is 25.5 Å². The molecule has 3 rings (SSSR count). The molecule has 0 radical (unpaired) electrons. The molecule has 27 heavy (non-hydrogen) atoms. The number of nitrogens with zero attached hydrogens (tertiary/aromatic N) is 1. The zero-order valence-electron chi connectivity index (χ0n) is 15.6. The summed E-state index contributed by atoms with van der Waals surface area (Å²) in [6.07, 6.45) is 0. The third-order valence-electron chi connectivity index (χ3n) is 4.39. The summed E-state index contributed by atoms with van der Waals surface area (Å²) < 4.78 is 10.9. The Morgan fingerprint density at radius 3 is 2.63 bits per heavy atom. The van der Waals surface area contributed by atoms with Gasteiger partial charge >= 0.3 is 0 Å². The van der Waals surface area contributed by atoms with Crippen LogP contribution in [0.25, 0.3) is 11.0 Å². The Bertz CT molecular complexity index is 977. The molecule has 0 aliphatic carbocycles. The second-order valence-electron chi connectivity index (χ2n) is 6.15. The fraction of sp³-hybridized carbons (Fsp3) is 0.238. The van der Waals surface area contributed by atoms with Crippen molar-refractivity contribution in [1.82, 2.24) is 4.90 Å². The van der Waals surface area contributed by atoms with Gasteiger partial charge in [-0.05, 0) is 32.0 Å². The number of rotatable bonds is 6. The van der Waals surface area contributed by atoms with Crippen LogP contribution >= 0.6 is 0 Å². The number of hydrogen-bond acceptors (Lipinski definition) is 4. The number of carbonyl (C=O) groups is 2. The van der Waals surface area contributed by atoms with Crippen molar-refractivity contribution in [2.24, 2.45) is 0 Å². The predicted octanol–water partition coefficient (Wildman–Crippen LogP) is 3.85. The highest BCUT2D eigenvalue weighted by atomic mass is 16.5. The highest BCUT2D eigenvalue weighted by Gasteiger charge is 2.24. The van der Waals surface area contributed by atoms with Crippen molar-refractivity contribution < 1.29 is 18.7 Å². The van der Waals surface area contributed by atoms with Gasteiger partial charge in [0.25, 0.3) is 5.91 Å². The van der Waals surface area contributed by atoms with E-state index < -0.39 is 0 Å². The minimum absolute atomic E-state index is 0.0664. The van der Waals surface area contributed by atoms with Crippen LogP contribution in [-0.4, -0.2) is 36.9 Å². The molecule has 6 nitrogen and oxygen atoms in total. The van der Waals surface area contributed by atoms with Crippen LogP contribution in [0.1, 0.15) is 23.0 Å². The normalized spacial score (nSPS) is 10.6. The van der Waals surface area contributed by atoms with Gasteiger partial charge in [-0.1, -0.05) is 24.3 Å². The molecule has 0 spiro atoms. The van der Waals surface area contributed by atoms with Crippen molar-refractivity contribution in [2.45, 2.75) is 13.8 Å². The number of para-hydroxylation sites is 1. The molecule has 0 aliphatic rings. The van der Waals surface area contributed by atoms with E-state index in [-0.39, 0.29) is 24.1 Å². The van der Waals surface area contributed by atoms with E-state index in [0.717, 1.165) is 10.9 Å². The predicted molar refractivity (Wildman–Crippen MR) is 104 cm³/mol. The van der Waals surface area contributed by atoms with Crippen LogP contribution in [-0.2, 0) is 4.79 Å². The Kier molecular flexibility index (Phi) is 5.45. The summed E-state index contributed by atoms with van der Waals surface area (Å²) in [5.41, 5.74) is 2.06. The molecule has 140 valence electrons. The number of methoxy groups -OCH3 is 1. The van der Waals surface area contributed by atoms with E-state index in [0.29, 0.717) is 23.6 Å². The van der Waals surface area contributed by atoms with Crippen LogP contribution in [0.3, 0.4) is 0 Å². The van der Waals surface area contributed by atoms with Crippen LogP contribution in [0.5, 0.6) is 5.75 Å². The number of anilines is 1. The van der Waals surface area contributed by atoms with Crippen LogP contribution in [0.15, 0.2) is 52.9 Å². The summed E-state index contributed by atoms with van der Waals surface area (Å²) >= 11 is 0. The SMILES string of the molecule is CCN(CC(=O)Nc1cccc(OC)c1)C(=O)c1oc2ccccc2c1C. The second kappa shape index (κ2) is 7.95. The lowest BCUT2D eigenvalue weighted by atomic mass is 10.1. The molecule has 0 fully saturated rings. The zero-order chi connectivity index (χ0) is 19.4. The van der Waals surface area contributed by atoms with Gasteiger partial charge in [0.15, 0.2) is 5.76 Å². The first-order valence-corrected chi connectivity index (χ1v) is 8.74. The van der Waals surface area contributed by atoms with Gasteiger partial charge in [-0.15, -0.1) is 0 Å². The number of ether oxygens (including phenoxy) is 1. The standard InChI is InChI=1S/C21H22N2O4/c1-4-23(13-19(24)22-15-8-7-9-16(12-15)26-3)21(25)20-14(2)17-10-5-6-11-18(17)27-20/h5-12H,4,13H2,1-3H3,(H,22,24). The first-order valence-electron chi connectivity index (χ1n) is 8.74. The van der Waals surface area contributed by atoms with Crippen molar-refractivity contribution in [3.63, 3.8) is 0 Å². The number of benzene rings is 2. The van der Waals surface area contributed by atoms with Crippen molar-refractivity contribution >= 4 is 28.5 Å². The lowest BCUT2D eigenvalue weighted by Crippen LogP contribution is -2.38. The summed E-state index contributed by atoms with van der Waals surface area (Å²) in [6, 6.07) is 14.6. The van der Waals surface area contributed by atoms with Crippen LogP contribution in [0, 0.1) is 6.92 Å². The molecular weight excluding hydrogens is 344 g/mol. The molecule has 1 N–H and O–H groups in total. The minimum Gasteiger partial charge on any atom is -0.497 e. The number of nitrogens with one attached hydrogen (secondary N) is 1. The molecule has 0 aliphatic heterocycles. The summed E-state index contributed by atoms with van der Waals surface area (Å²) in [5.74, 6) is 0.334. The topological polar surface area (TPSA) is 71.8 Å². The molecule has 0 saturated carbocycles. The fourth-order valence-electron chi connectivity index (χ4n) is 2.92. The molecule has 3 aromatic rings. The molecule has 0 bridgehead atoms. The van der Waals surface area contributed by atoms with Crippen LogP contribution in [0.2, 0.25) is 0 Å². The number of amides is 2. The number of furan rings is 1. The highest BCUT2D eigenvalue weighted by Crippen LogP contribution is 2.26. The van der Waals surface area contributed by atoms with E-state index in [1.807, 2.05) is 38.1 Å². The zero-order valence-corrected chi connectivity index (χ0v) is 15.6. The maximum atomic E-state index is 12.9. The molecule has 1 heterocycles. The molecule has 1 aromatic heterocycles. The lowest BCUT2D eigenvalue weighted by Gasteiger charge is -2.19. The quantitative estimate of drug-likeness (QED) is 0.719. The number of hydrogen-bond donors (Lipinski definition) is 1. The number of fused-ring (bicyclic) bond motifs is 1. The number of carbonyl (C=O) groups excluding carboxylic acids is 2. The van der Waals surface area contributed by atoms with E-state index >= 15 is 0 Å². The molecule has 2 aromatic carbocycles. The number of aryl methyl sites for hydroxylation is 1. The molecule has 0 saturated heterocycles. The van der Waals surface area contributed by atoms with E-state index in [9.17, 15) is 9.59 Å². The Hall–Kier alpha value is -3.28. The molecule has 0 unspecified atom stereocenters. The Morgan fingerprint density at radius 1 is 1.15 bits per heavy atom. The maximum absolute atomic E-state index is 12.9. The van der Waals surface area contributed by atoms with E-state index in [2.05, 4.69) is 5.32 Å². The van der Waals surface area contributed by atoms with Crippen molar-refractivity contribution in [3.8, 4) is 5.75 Å². The largest absolute Gasteiger partial charge is 0.497 e. The third-order valence-corrected chi connectivity index (χ3v) is 4.39. The average Bonchev–Trinajstić information content (AvgIpc) is 3.02. The van der Waals surface area contributed by atoms with E-state index in [4.69, 9.17) is 9.15 Å². The summed E-state index contributed by atoms with van der Waals surface area (Å²) in [7, 11) is 1.56. The van der Waals surface area contributed by atoms with Gasteiger partial charge in [-0.2, -0.15) is 0 Å². The van der Waals surface area contributed by atoms with Crippen molar-refractivity contribution in [3.05, 3.63) is 59.9 Å². The minimum atomic E-state index is -0.299. The van der Waals surface area contributed by atoms with Gasteiger partial charge < -0.3 is 19.4 Å². The first kappa shape index (κ1) is 18.5. The second-order valence-corrected chi connectivity index (χ2v) is 6.15. The smallest absolute Gasteiger partial charge is 0.290 e. The Labute approximate surface area is 157 Å². The Balaban J connectivity index is 1.74. The monoisotopic (exact) mass is 366 g/mol. The average molecular weight is 366 g/mol. The summed E-state index contributed by atoms with van der Waals surface area (Å²) in [4.78, 5) is 26.7. The molecular formula is C21H22N2O4. The first-order chi connectivity index (χ1) is 13.0. The number of likely N-dealkylation sites (N-methyl/N-ethyl adjacent to an activating group) is 1. The summed E-state index contributed by atoms with van der Waals surface area (Å²) in [5, 5.41) is 3.69. The van der Waals surface area contributed by atoms with Crippen LogP contribution in [0.4, 0.5) is 5.69 Å². The van der Waals surface area contributed by atoms with Gasteiger partial charge in [0.1, 0.15) is 17.9 Å². The summed E-state index contributed by atoms with van der Waals surface area (Å²) in [6.45, 7) is 4.00. The Morgan fingerprint density at radius 2 is 1.93 bits per heavy atom. The van der Waals surface area contributed by atoms with E-state index in [1.165, 1.54) is 4.90 Å².